The number of hydrogen-bond acceptors (Lipinski definition) is 7. The maximum atomic E-state index is 13.3. The number of para-hydroxylation sites is 1. The Morgan fingerprint density at radius 1 is 1.08 bits per heavy atom. The number of aryl methyl sites for hydroxylation is 1. The van der Waals surface area contributed by atoms with E-state index in [-0.39, 0.29) is 5.91 Å². The molecule has 0 saturated carbocycles. The van der Waals surface area contributed by atoms with E-state index < -0.39 is 12.1 Å². The lowest BCUT2D eigenvalue weighted by atomic mass is 10.1. The monoisotopic (exact) mass is 499 g/mol. The largest absolute Gasteiger partial charge is 0.449 e. The highest BCUT2D eigenvalue weighted by Crippen LogP contribution is 2.26. The highest BCUT2D eigenvalue weighted by atomic mass is 32.1. The van der Waals surface area contributed by atoms with Crippen molar-refractivity contribution in [2.24, 2.45) is 0 Å². The lowest BCUT2D eigenvalue weighted by Gasteiger charge is -2.20. The predicted octanol–water partition coefficient (Wildman–Crippen LogP) is 4.93. The first-order valence-electron chi connectivity index (χ1n) is 11.7. The molecule has 36 heavy (non-hydrogen) atoms. The molecule has 0 aliphatic carbocycles. The number of thiazole rings is 1. The van der Waals surface area contributed by atoms with Gasteiger partial charge in [0.05, 0.1) is 39.6 Å². The molecular weight excluding hydrogens is 474 g/mol. The molecule has 0 bridgehead atoms. The van der Waals surface area contributed by atoms with Crippen LogP contribution >= 0.6 is 11.3 Å². The summed E-state index contributed by atoms with van der Waals surface area (Å²) in [5, 5.41) is 5.77. The van der Waals surface area contributed by atoms with Crippen molar-refractivity contribution in [3.05, 3.63) is 77.4 Å². The summed E-state index contributed by atoms with van der Waals surface area (Å²) in [6, 6.07) is 19.2. The van der Waals surface area contributed by atoms with E-state index in [1.54, 1.807) is 42.3 Å². The van der Waals surface area contributed by atoms with E-state index >= 15 is 0 Å². The van der Waals surface area contributed by atoms with Gasteiger partial charge in [-0.25, -0.2) is 19.4 Å². The van der Waals surface area contributed by atoms with Gasteiger partial charge in [0.15, 0.2) is 11.8 Å². The summed E-state index contributed by atoms with van der Waals surface area (Å²) in [5.74, 6) is -0.898. The number of esters is 1. The number of benzene rings is 2. The molecule has 0 aliphatic rings. The zero-order valence-corrected chi connectivity index (χ0v) is 21.0. The molecule has 2 aromatic carbocycles. The highest BCUT2D eigenvalue weighted by Gasteiger charge is 2.25. The van der Waals surface area contributed by atoms with Gasteiger partial charge < -0.3 is 9.64 Å². The number of likely N-dealkylation sites (N-methyl/N-ethyl adjacent to an activating group) is 1. The Balaban J connectivity index is 1.37. The van der Waals surface area contributed by atoms with E-state index in [1.165, 1.54) is 4.90 Å². The van der Waals surface area contributed by atoms with Gasteiger partial charge in [-0.15, -0.1) is 11.3 Å². The Bertz CT molecular complexity index is 1530. The molecule has 3 aromatic heterocycles. The molecule has 0 fully saturated rings. The molecule has 0 saturated heterocycles. The number of hydrogen-bond donors (Lipinski definition) is 0. The second-order valence-electron chi connectivity index (χ2n) is 8.44. The average Bonchev–Trinajstić information content (AvgIpc) is 3.51. The second-order valence-corrected chi connectivity index (χ2v) is 9.55. The van der Waals surface area contributed by atoms with Crippen LogP contribution < -0.4 is 0 Å². The number of aromatic nitrogens is 4. The Hall–Kier alpha value is -4.11. The number of amides is 1. The van der Waals surface area contributed by atoms with Crippen molar-refractivity contribution in [1.82, 2.24) is 24.6 Å². The number of fused-ring (bicyclic) bond motifs is 2. The van der Waals surface area contributed by atoms with Crippen molar-refractivity contribution in [3.63, 3.8) is 0 Å². The SMILES string of the molecule is CCn1ncc2c(C(=O)OC(C)C(=O)N(C)Cc3nc4ccccc4s3)cc(-c3ccccc3)nc21. The normalized spacial score (nSPS) is 12.1. The van der Waals surface area contributed by atoms with E-state index in [4.69, 9.17) is 9.72 Å². The van der Waals surface area contributed by atoms with Gasteiger partial charge in [0.1, 0.15) is 5.01 Å². The van der Waals surface area contributed by atoms with Crippen LogP contribution in [0.25, 0.3) is 32.5 Å². The molecule has 182 valence electrons. The molecule has 1 atom stereocenters. The van der Waals surface area contributed by atoms with Crippen LogP contribution in [-0.2, 0) is 22.6 Å². The van der Waals surface area contributed by atoms with E-state index in [1.807, 2.05) is 61.5 Å². The average molecular weight is 500 g/mol. The summed E-state index contributed by atoms with van der Waals surface area (Å²) in [7, 11) is 1.68. The van der Waals surface area contributed by atoms with Gasteiger partial charge in [0.25, 0.3) is 5.91 Å². The fourth-order valence-electron chi connectivity index (χ4n) is 4.06. The van der Waals surface area contributed by atoms with Gasteiger partial charge in [0, 0.05) is 19.2 Å². The summed E-state index contributed by atoms with van der Waals surface area (Å²) in [6.45, 7) is 4.49. The van der Waals surface area contributed by atoms with Crippen molar-refractivity contribution >= 4 is 44.5 Å². The molecule has 8 nitrogen and oxygen atoms in total. The van der Waals surface area contributed by atoms with Crippen molar-refractivity contribution in [2.45, 2.75) is 33.0 Å². The summed E-state index contributed by atoms with van der Waals surface area (Å²) in [5.41, 5.74) is 3.33. The Labute approximate surface area is 212 Å². The number of carbonyl (C=O) groups is 2. The fourth-order valence-corrected chi connectivity index (χ4v) is 5.08. The van der Waals surface area contributed by atoms with Crippen molar-refractivity contribution in [2.75, 3.05) is 7.05 Å². The van der Waals surface area contributed by atoms with Crippen molar-refractivity contribution in [1.29, 1.82) is 0 Å². The first-order valence-corrected chi connectivity index (χ1v) is 12.5. The lowest BCUT2D eigenvalue weighted by Crippen LogP contribution is -2.37. The van der Waals surface area contributed by atoms with Crippen LogP contribution in [0.3, 0.4) is 0 Å². The number of ether oxygens (including phenoxy) is 1. The smallest absolute Gasteiger partial charge is 0.339 e. The molecule has 0 radical (unpaired) electrons. The number of rotatable bonds is 7. The van der Waals surface area contributed by atoms with E-state index in [2.05, 4.69) is 10.1 Å². The van der Waals surface area contributed by atoms with Crippen molar-refractivity contribution in [3.8, 4) is 11.3 Å². The Morgan fingerprint density at radius 2 is 1.83 bits per heavy atom. The fraction of sp³-hybridized carbons (Fsp3) is 0.222. The van der Waals surface area contributed by atoms with Gasteiger partial charge in [-0.3, -0.25) is 4.79 Å². The number of carbonyl (C=O) groups excluding carboxylic acids is 2. The van der Waals surface area contributed by atoms with Crippen LogP contribution in [-0.4, -0.2) is 49.7 Å². The molecule has 0 aliphatic heterocycles. The molecule has 5 rings (SSSR count). The van der Waals surface area contributed by atoms with Crippen molar-refractivity contribution < 1.29 is 14.3 Å². The molecule has 0 N–H and O–H groups in total. The van der Waals surface area contributed by atoms with Crippen LogP contribution in [0, 0.1) is 0 Å². The predicted molar refractivity (Wildman–Crippen MR) is 140 cm³/mol. The number of pyridine rings is 1. The lowest BCUT2D eigenvalue weighted by molar-refractivity contribution is -0.139. The molecule has 1 unspecified atom stereocenters. The summed E-state index contributed by atoms with van der Waals surface area (Å²) in [4.78, 5) is 37.2. The van der Waals surface area contributed by atoms with Gasteiger partial charge in [-0.1, -0.05) is 42.5 Å². The van der Waals surface area contributed by atoms with Crippen LogP contribution in [0.1, 0.15) is 29.2 Å². The van der Waals surface area contributed by atoms with E-state index in [0.29, 0.717) is 35.4 Å². The number of nitrogens with zero attached hydrogens (tertiary/aromatic N) is 5. The summed E-state index contributed by atoms with van der Waals surface area (Å²) in [6.07, 6.45) is 0.643. The summed E-state index contributed by atoms with van der Waals surface area (Å²) < 4.78 is 8.45. The maximum Gasteiger partial charge on any atom is 0.339 e. The van der Waals surface area contributed by atoms with Crippen LogP contribution in [0.2, 0.25) is 0 Å². The Kier molecular flexibility index (Phi) is 6.47. The first-order chi connectivity index (χ1) is 17.4. The molecule has 0 spiro atoms. The van der Waals surface area contributed by atoms with Gasteiger partial charge >= 0.3 is 5.97 Å². The van der Waals surface area contributed by atoms with Gasteiger partial charge in [-0.2, -0.15) is 5.10 Å². The zero-order chi connectivity index (χ0) is 25.2. The minimum atomic E-state index is -0.971. The maximum absolute atomic E-state index is 13.3. The summed E-state index contributed by atoms with van der Waals surface area (Å²) >= 11 is 1.54. The molecular formula is C27H25N5O3S. The van der Waals surface area contributed by atoms with Gasteiger partial charge in [0.2, 0.25) is 0 Å². The standard InChI is InChI=1S/C27H25N5O3S/c1-4-32-25-20(15-28-32)19(14-22(30-25)18-10-6-5-7-11-18)27(34)35-17(2)26(33)31(3)16-24-29-21-12-8-9-13-23(21)36-24/h5-15,17H,4,16H2,1-3H3. The van der Waals surface area contributed by atoms with Crippen LogP contribution in [0.4, 0.5) is 0 Å². The molecule has 3 heterocycles. The highest BCUT2D eigenvalue weighted by molar-refractivity contribution is 7.18. The topological polar surface area (TPSA) is 90.2 Å². The molecule has 1 amide bonds. The minimum absolute atomic E-state index is 0.305. The quantitative estimate of drug-likeness (QED) is 0.295. The third kappa shape index (κ3) is 4.57. The van der Waals surface area contributed by atoms with Crippen LogP contribution in [0.15, 0.2) is 66.9 Å². The van der Waals surface area contributed by atoms with E-state index in [9.17, 15) is 9.59 Å². The molecule has 9 heteroatoms. The third-order valence-electron chi connectivity index (χ3n) is 5.92. The zero-order valence-electron chi connectivity index (χ0n) is 20.2. The second kappa shape index (κ2) is 9.87. The minimum Gasteiger partial charge on any atom is -0.449 e. The Morgan fingerprint density at radius 3 is 2.58 bits per heavy atom. The third-order valence-corrected chi connectivity index (χ3v) is 6.94. The van der Waals surface area contributed by atoms with E-state index in [0.717, 1.165) is 20.8 Å². The molecule has 5 aromatic rings. The first kappa shape index (κ1) is 23.6. The van der Waals surface area contributed by atoms with Crippen LogP contribution in [0.5, 0.6) is 0 Å². The van der Waals surface area contributed by atoms with Gasteiger partial charge in [-0.05, 0) is 32.0 Å².